The van der Waals surface area contributed by atoms with Crippen LogP contribution in [0.5, 0.6) is 0 Å². The van der Waals surface area contributed by atoms with Crippen molar-refractivity contribution in [2.24, 2.45) is 11.8 Å². The van der Waals surface area contributed by atoms with Gasteiger partial charge in [0.25, 0.3) is 0 Å². The average molecular weight is 280 g/mol. The summed E-state index contributed by atoms with van der Waals surface area (Å²) >= 11 is 0. The third kappa shape index (κ3) is 2.45. The molecule has 20 heavy (non-hydrogen) atoms. The minimum atomic E-state index is -0.681. The topological polar surface area (TPSA) is 49.4 Å². The molecule has 1 heterocycles. The van der Waals surface area contributed by atoms with Crippen molar-refractivity contribution in [1.82, 2.24) is 10.2 Å². The Morgan fingerprint density at radius 1 is 1.20 bits per heavy atom. The quantitative estimate of drug-likeness (QED) is 0.862. The highest BCUT2D eigenvalue weighted by atomic mass is 16.2. The molecule has 2 rings (SSSR count). The van der Waals surface area contributed by atoms with Gasteiger partial charge in [-0.2, -0.15) is 0 Å². The van der Waals surface area contributed by atoms with Gasteiger partial charge in [-0.05, 0) is 37.5 Å². The van der Waals surface area contributed by atoms with E-state index in [1.165, 1.54) is 6.42 Å². The second kappa shape index (κ2) is 5.74. The van der Waals surface area contributed by atoms with Gasteiger partial charge in [0.05, 0.1) is 0 Å². The second-order valence-corrected chi connectivity index (χ2v) is 6.57. The van der Waals surface area contributed by atoms with Gasteiger partial charge in [-0.1, -0.05) is 27.7 Å². The largest absolute Gasteiger partial charge is 0.342 e. The molecule has 3 unspecified atom stereocenters. The molecule has 0 radical (unpaired) electrons. The fourth-order valence-corrected chi connectivity index (χ4v) is 3.81. The first-order valence-electron chi connectivity index (χ1n) is 8.07. The molecule has 0 aromatic heterocycles. The van der Waals surface area contributed by atoms with E-state index >= 15 is 0 Å². The molecule has 0 aromatic rings. The number of nitrogens with zero attached hydrogens (tertiary/aromatic N) is 1. The van der Waals surface area contributed by atoms with Gasteiger partial charge >= 0.3 is 0 Å². The van der Waals surface area contributed by atoms with Crippen LogP contribution in [0.15, 0.2) is 0 Å². The van der Waals surface area contributed by atoms with Gasteiger partial charge in [0.2, 0.25) is 11.8 Å². The molecule has 4 nitrogen and oxygen atoms in total. The predicted molar refractivity (Wildman–Crippen MR) is 79.1 cm³/mol. The molecule has 1 saturated heterocycles. The molecular weight excluding hydrogens is 252 g/mol. The van der Waals surface area contributed by atoms with E-state index in [0.29, 0.717) is 43.7 Å². The van der Waals surface area contributed by atoms with Crippen LogP contribution < -0.4 is 5.32 Å². The SMILES string of the molecule is CCC1(CC)NC(=O)CCN(C2CCC(C)C2C)C1=O. The van der Waals surface area contributed by atoms with E-state index in [2.05, 4.69) is 19.2 Å². The van der Waals surface area contributed by atoms with Crippen molar-refractivity contribution in [3.8, 4) is 0 Å². The van der Waals surface area contributed by atoms with Gasteiger partial charge in [0, 0.05) is 19.0 Å². The lowest BCUT2D eigenvalue weighted by Gasteiger charge is -2.38. The molecule has 1 aliphatic heterocycles. The fourth-order valence-electron chi connectivity index (χ4n) is 3.81. The summed E-state index contributed by atoms with van der Waals surface area (Å²) in [6.07, 6.45) is 4.03. The van der Waals surface area contributed by atoms with E-state index in [0.717, 1.165) is 6.42 Å². The standard InChI is InChI=1S/C16H28N2O2/c1-5-16(6-2)15(20)18(10-9-14(19)17-16)13-8-7-11(3)12(13)4/h11-13H,5-10H2,1-4H3,(H,17,19). The van der Waals surface area contributed by atoms with Crippen LogP contribution in [0.2, 0.25) is 0 Å². The fraction of sp³-hybridized carbons (Fsp3) is 0.875. The first-order valence-corrected chi connectivity index (χ1v) is 8.07. The van der Waals surface area contributed by atoms with Crippen LogP contribution in [0.1, 0.15) is 59.8 Å². The normalized spacial score (nSPS) is 34.0. The van der Waals surface area contributed by atoms with Gasteiger partial charge in [0.1, 0.15) is 5.54 Å². The van der Waals surface area contributed by atoms with E-state index in [1.54, 1.807) is 0 Å². The van der Waals surface area contributed by atoms with Crippen LogP contribution >= 0.6 is 0 Å². The van der Waals surface area contributed by atoms with E-state index in [1.807, 2.05) is 18.7 Å². The number of rotatable bonds is 3. The van der Waals surface area contributed by atoms with Crippen LogP contribution in [-0.4, -0.2) is 34.8 Å². The molecule has 0 bridgehead atoms. The summed E-state index contributed by atoms with van der Waals surface area (Å²) in [7, 11) is 0. The highest BCUT2D eigenvalue weighted by Crippen LogP contribution is 2.37. The number of amides is 2. The number of carbonyl (C=O) groups excluding carboxylic acids is 2. The number of nitrogens with one attached hydrogen (secondary N) is 1. The first-order chi connectivity index (χ1) is 9.45. The number of hydrogen-bond acceptors (Lipinski definition) is 2. The molecule has 114 valence electrons. The second-order valence-electron chi connectivity index (χ2n) is 6.57. The minimum absolute atomic E-state index is 0.0169. The summed E-state index contributed by atoms with van der Waals surface area (Å²) in [5.74, 6) is 1.35. The maximum atomic E-state index is 13.0. The molecule has 0 aromatic carbocycles. The van der Waals surface area contributed by atoms with Crippen molar-refractivity contribution in [2.45, 2.75) is 71.4 Å². The molecule has 2 amide bonds. The van der Waals surface area contributed by atoms with E-state index in [4.69, 9.17) is 0 Å². The number of hydrogen-bond donors (Lipinski definition) is 1. The van der Waals surface area contributed by atoms with Crippen molar-refractivity contribution in [1.29, 1.82) is 0 Å². The molecule has 1 saturated carbocycles. The molecule has 1 N–H and O–H groups in total. The molecule has 2 aliphatic rings. The molecule has 0 spiro atoms. The highest BCUT2D eigenvalue weighted by Gasteiger charge is 2.46. The van der Waals surface area contributed by atoms with Gasteiger partial charge < -0.3 is 10.2 Å². The van der Waals surface area contributed by atoms with E-state index in [9.17, 15) is 9.59 Å². The van der Waals surface area contributed by atoms with Crippen LogP contribution in [0.4, 0.5) is 0 Å². The zero-order valence-corrected chi connectivity index (χ0v) is 13.2. The van der Waals surface area contributed by atoms with Crippen LogP contribution in [0.3, 0.4) is 0 Å². The van der Waals surface area contributed by atoms with E-state index in [-0.39, 0.29) is 11.8 Å². The van der Waals surface area contributed by atoms with Crippen LogP contribution in [-0.2, 0) is 9.59 Å². The minimum Gasteiger partial charge on any atom is -0.342 e. The Morgan fingerprint density at radius 3 is 2.35 bits per heavy atom. The summed E-state index contributed by atoms with van der Waals surface area (Å²) < 4.78 is 0. The molecule has 3 atom stereocenters. The van der Waals surface area contributed by atoms with E-state index < -0.39 is 5.54 Å². The van der Waals surface area contributed by atoms with Crippen molar-refractivity contribution in [2.75, 3.05) is 6.54 Å². The Hall–Kier alpha value is -1.06. The van der Waals surface area contributed by atoms with Gasteiger partial charge in [-0.3, -0.25) is 9.59 Å². The lowest BCUT2D eigenvalue weighted by molar-refractivity contribution is -0.142. The summed E-state index contributed by atoms with van der Waals surface area (Å²) in [4.78, 5) is 27.0. The maximum absolute atomic E-state index is 13.0. The van der Waals surface area contributed by atoms with Crippen molar-refractivity contribution >= 4 is 11.8 Å². The van der Waals surface area contributed by atoms with Gasteiger partial charge in [-0.15, -0.1) is 0 Å². The van der Waals surface area contributed by atoms with Crippen molar-refractivity contribution in [3.05, 3.63) is 0 Å². The molecule has 1 aliphatic carbocycles. The Labute approximate surface area is 122 Å². The highest BCUT2D eigenvalue weighted by molar-refractivity contribution is 5.93. The first kappa shape index (κ1) is 15.3. The lowest BCUT2D eigenvalue weighted by Crippen LogP contribution is -2.58. The Kier molecular flexibility index (Phi) is 4.40. The summed E-state index contributed by atoms with van der Waals surface area (Å²) in [5.41, 5.74) is -0.681. The van der Waals surface area contributed by atoms with Crippen molar-refractivity contribution < 1.29 is 9.59 Å². The summed E-state index contributed by atoms with van der Waals surface area (Å²) in [6.45, 7) is 9.07. The Balaban J connectivity index is 2.28. The zero-order valence-electron chi connectivity index (χ0n) is 13.2. The third-order valence-corrected chi connectivity index (χ3v) is 5.66. The maximum Gasteiger partial charge on any atom is 0.248 e. The zero-order chi connectivity index (χ0) is 14.9. The van der Waals surface area contributed by atoms with Gasteiger partial charge in [-0.25, -0.2) is 0 Å². The third-order valence-electron chi connectivity index (χ3n) is 5.66. The average Bonchev–Trinajstić information content (AvgIpc) is 2.70. The summed E-state index contributed by atoms with van der Waals surface area (Å²) in [5, 5.41) is 2.99. The molecule has 4 heteroatoms. The predicted octanol–water partition coefficient (Wildman–Crippen LogP) is 2.33. The van der Waals surface area contributed by atoms with Crippen molar-refractivity contribution in [3.63, 3.8) is 0 Å². The molecule has 2 fully saturated rings. The number of carbonyl (C=O) groups is 2. The monoisotopic (exact) mass is 280 g/mol. The smallest absolute Gasteiger partial charge is 0.248 e. The van der Waals surface area contributed by atoms with Gasteiger partial charge in [0.15, 0.2) is 0 Å². The summed E-state index contributed by atoms with van der Waals surface area (Å²) in [6, 6.07) is 0.308. The van der Waals surface area contributed by atoms with Crippen LogP contribution in [0, 0.1) is 11.8 Å². The Morgan fingerprint density at radius 2 is 1.85 bits per heavy atom. The lowest BCUT2D eigenvalue weighted by atomic mass is 9.89. The van der Waals surface area contributed by atoms with Crippen LogP contribution in [0.25, 0.3) is 0 Å². The Bertz CT molecular complexity index is 390. The molecular formula is C16H28N2O2.